The molecule has 0 spiro atoms. The molecule has 0 saturated carbocycles. The van der Waals surface area contributed by atoms with Crippen LogP contribution in [0, 0.1) is 12.3 Å². The Labute approximate surface area is 90.0 Å². The molecule has 1 rings (SSSR count). The maximum Gasteiger partial charge on any atom is 0.308 e. The molecule has 1 aliphatic heterocycles. The van der Waals surface area contributed by atoms with Gasteiger partial charge in [0.1, 0.15) is 0 Å². The standard InChI is InChI=1S/C10H15NO2S/c1-2-10(4-6-11-7-5-10)13-9(12)3-8-14/h1,11,14H,3-8H2. The first-order chi connectivity index (χ1) is 6.72. The van der Waals surface area contributed by atoms with Gasteiger partial charge in [-0.05, 0) is 13.1 Å². The van der Waals surface area contributed by atoms with E-state index in [2.05, 4.69) is 23.9 Å². The highest BCUT2D eigenvalue weighted by Crippen LogP contribution is 2.22. The van der Waals surface area contributed by atoms with Gasteiger partial charge >= 0.3 is 5.97 Å². The van der Waals surface area contributed by atoms with Crippen molar-refractivity contribution in [2.24, 2.45) is 0 Å². The number of carbonyl (C=O) groups excluding carboxylic acids is 1. The number of hydrogen-bond acceptors (Lipinski definition) is 4. The second kappa shape index (κ2) is 5.28. The number of hydrogen-bond donors (Lipinski definition) is 2. The van der Waals surface area contributed by atoms with Gasteiger partial charge in [-0.25, -0.2) is 0 Å². The lowest BCUT2D eigenvalue weighted by atomic mass is 9.93. The van der Waals surface area contributed by atoms with Crippen molar-refractivity contribution in [3.05, 3.63) is 0 Å². The van der Waals surface area contributed by atoms with Crippen molar-refractivity contribution >= 4 is 18.6 Å². The molecule has 0 atom stereocenters. The molecule has 14 heavy (non-hydrogen) atoms. The number of ether oxygens (including phenoxy) is 1. The van der Waals surface area contributed by atoms with Gasteiger partial charge in [0.15, 0.2) is 5.60 Å². The molecule has 1 N–H and O–H groups in total. The molecular formula is C10H15NO2S. The van der Waals surface area contributed by atoms with Gasteiger partial charge < -0.3 is 10.1 Å². The summed E-state index contributed by atoms with van der Waals surface area (Å²) in [5.74, 6) is 2.85. The van der Waals surface area contributed by atoms with E-state index >= 15 is 0 Å². The van der Waals surface area contributed by atoms with Crippen molar-refractivity contribution in [3.63, 3.8) is 0 Å². The molecule has 0 radical (unpaired) electrons. The Balaban J connectivity index is 2.52. The summed E-state index contributed by atoms with van der Waals surface area (Å²) in [5.41, 5.74) is -0.675. The lowest BCUT2D eigenvalue weighted by Crippen LogP contribution is -2.44. The molecule has 0 amide bonds. The summed E-state index contributed by atoms with van der Waals surface area (Å²) >= 11 is 3.97. The van der Waals surface area contributed by atoms with Crippen LogP contribution >= 0.6 is 12.6 Å². The van der Waals surface area contributed by atoms with Crippen LogP contribution in [0.15, 0.2) is 0 Å². The third-order valence-electron chi connectivity index (χ3n) is 2.30. The average Bonchev–Trinajstić information content (AvgIpc) is 2.19. The van der Waals surface area contributed by atoms with Gasteiger partial charge in [0.2, 0.25) is 0 Å². The second-order valence-electron chi connectivity index (χ2n) is 3.34. The van der Waals surface area contributed by atoms with E-state index in [9.17, 15) is 4.79 Å². The van der Waals surface area contributed by atoms with Crippen LogP contribution in [-0.4, -0.2) is 30.4 Å². The number of esters is 1. The van der Waals surface area contributed by atoms with Gasteiger partial charge in [-0.1, -0.05) is 5.92 Å². The van der Waals surface area contributed by atoms with Gasteiger partial charge in [-0.3, -0.25) is 4.79 Å². The van der Waals surface area contributed by atoms with Crippen LogP contribution in [0.1, 0.15) is 19.3 Å². The number of piperidine rings is 1. The molecule has 1 heterocycles. The normalized spacial score (nSPS) is 19.7. The van der Waals surface area contributed by atoms with Crippen LogP contribution in [0.4, 0.5) is 0 Å². The van der Waals surface area contributed by atoms with E-state index in [0.717, 1.165) is 13.1 Å². The van der Waals surface area contributed by atoms with Crippen LogP contribution in [0.5, 0.6) is 0 Å². The van der Waals surface area contributed by atoms with Crippen molar-refractivity contribution in [2.75, 3.05) is 18.8 Å². The minimum Gasteiger partial charge on any atom is -0.446 e. The van der Waals surface area contributed by atoms with E-state index < -0.39 is 5.60 Å². The highest BCUT2D eigenvalue weighted by Gasteiger charge is 2.33. The van der Waals surface area contributed by atoms with Gasteiger partial charge in [-0.15, -0.1) is 6.42 Å². The van der Waals surface area contributed by atoms with Crippen molar-refractivity contribution in [1.82, 2.24) is 5.32 Å². The van der Waals surface area contributed by atoms with Crippen molar-refractivity contribution < 1.29 is 9.53 Å². The SMILES string of the molecule is C#CC1(OC(=O)CCS)CCNCC1. The fourth-order valence-corrected chi connectivity index (χ4v) is 1.65. The Bertz CT molecular complexity index is 241. The summed E-state index contributed by atoms with van der Waals surface area (Å²) in [4.78, 5) is 11.3. The quantitative estimate of drug-likeness (QED) is 0.410. The molecule has 3 nitrogen and oxygen atoms in total. The van der Waals surface area contributed by atoms with E-state index in [1.54, 1.807) is 0 Å². The zero-order valence-electron chi connectivity index (χ0n) is 8.08. The lowest BCUT2D eigenvalue weighted by molar-refractivity contribution is -0.155. The number of terminal acetylenes is 1. The maximum atomic E-state index is 11.3. The smallest absolute Gasteiger partial charge is 0.308 e. The lowest BCUT2D eigenvalue weighted by Gasteiger charge is -2.32. The van der Waals surface area contributed by atoms with Crippen LogP contribution in [0.3, 0.4) is 0 Å². The largest absolute Gasteiger partial charge is 0.446 e. The number of rotatable bonds is 3. The van der Waals surface area contributed by atoms with Gasteiger partial charge in [0.05, 0.1) is 6.42 Å². The van der Waals surface area contributed by atoms with Crippen molar-refractivity contribution in [1.29, 1.82) is 0 Å². The van der Waals surface area contributed by atoms with Gasteiger partial charge in [0, 0.05) is 18.6 Å². The summed E-state index contributed by atoms with van der Waals surface area (Å²) in [6.07, 6.45) is 7.12. The summed E-state index contributed by atoms with van der Waals surface area (Å²) in [5, 5.41) is 3.18. The van der Waals surface area contributed by atoms with Gasteiger partial charge in [0.25, 0.3) is 0 Å². The summed E-state index contributed by atoms with van der Waals surface area (Å²) in [7, 11) is 0. The minimum absolute atomic E-state index is 0.250. The maximum absolute atomic E-state index is 11.3. The molecule has 0 aromatic rings. The molecule has 4 heteroatoms. The highest BCUT2D eigenvalue weighted by atomic mass is 32.1. The van der Waals surface area contributed by atoms with Crippen molar-refractivity contribution in [3.8, 4) is 12.3 Å². The van der Waals surface area contributed by atoms with Crippen LogP contribution in [0.2, 0.25) is 0 Å². The van der Waals surface area contributed by atoms with Crippen LogP contribution in [0.25, 0.3) is 0 Å². The summed E-state index contributed by atoms with van der Waals surface area (Å²) < 4.78 is 5.30. The number of thiol groups is 1. The van der Waals surface area contributed by atoms with E-state index in [1.165, 1.54) is 0 Å². The molecule has 1 saturated heterocycles. The molecule has 0 unspecified atom stereocenters. The fraction of sp³-hybridized carbons (Fsp3) is 0.700. The monoisotopic (exact) mass is 213 g/mol. The van der Waals surface area contributed by atoms with Gasteiger partial charge in [-0.2, -0.15) is 12.6 Å². The Morgan fingerprint density at radius 1 is 1.57 bits per heavy atom. The molecule has 0 aromatic carbocycles. The third kappa shape index (κ3) is 2.93. The van der Waals surface area contributed by atoms with E-state index in [1.807, 2.05) is 0 Å². The van der Waals surface area contributed by atoms with Crippen LogP contribution < -0.4 is 5.32 Å². The Kier molecular flexibility index (Phi) is 4.30. The van der Waals surface area contributed by atoms with E-state index in [0.29, 0.717) is 25.0 Å². The number of carbonyl (C=O) groups is 1. The average molecular weight is 213 g/mol. The molecule has 0 aromatic heterocycles. The minimum atomic E-state index is -0.675. The molecule has 0 aliphatic carbocycles. The molecule has 1 aliphatic rings. The third-order valence-corrected chi connectivity index (χ3v) is 2.52. The predicted octanol–water partition coefficient (Wildman–Crippen LogP) is 0.605. The van der Waals surface area contributed by atoms with Crippen molar-refractivity contribution in [2.45, 2.75) is 24.9 Å². The molecular weight excluding hydrogens is 198 g/mol. The summed E-state index contributed by atoms with van der Waals surface area (Å²) in [6, 6.07) is 0. The topological polar surface area (TPSA) is 38.3 Å². The fourth-order valence-electron chi connectivity index (χ4n) is 1.47. The zero-order valence-corrected chi connectivity index (χ0v) is 8.98. The Morgan fingerprint density at radius 3 is 2.71 bits per heavy atom. The van der Waals surface area contributed by atoms with Crippen LogP contribution in [-0.2, 0) is 9.53 Å². The molecule has 1 fully saturated rings. The van der Waals surface area contributed by atoms with E-state index in [-0.39, 0.29) is 5.97 Å². The first-order valence-corrected chi connectivity index (χ1v) is 5.37. The second-order valence-corrected chi connectivity index (χ2v) is 3.78. The number of nitrogens with one attached hydrogen (secondary N) is 1. The first-order valence-electron chi connectivity index (χ1n) is 4.74. The Hall–Kier alpha value is -0.660. The highest BCUT2D eigenvalue weighted by molar-refractivity contribution is 7.80. The van der Waals surface area contributed by atoms with E-state index in [4.69, 9.17) is 11.2 Å². The summed E-state index contributed by atoms with van der Waals surface area (Å²) in [6.45, 7) is 1.61. The Morgan fingerprint density at radius 2 is 2.21 bits per heavy atom. The zero-order chi connectivity index (χ0) is 10.4. The molecule has 0 bridgehead atoms. The predicted molar refractivity (Wildman–Crippen MR) is 58.2 cm³/mol. The molecule has 78 valence electrons. The first kappa shape index (κ1) is 11.4.